The van der Waals surface area contributed by atoms with Gasteiger partial charge < -0.3 is 20.7 Å². The number of nitrogen functional groups attached to an aromatic ring is 1. The summed E-state index contributed by atoms with van der Waals surface area (Å²) in [5.74, 6) is 1.38. The first-order valence-electron chi connectivity index (χ1n) is 10.6. The fraction of sp³-hybridized carbons (Fsp3) is 0.500. The first-order chi connectivity index (χ1) is 15.1. The first kappa shape index (κ1) is 22.6. The Labute approximate surface area is 182 Å². The molecule has 0 spiro atoms. The van der Waals surface area contributed by atoms with E-state index in [1.165, 1.54) is 16.8 Å². The molecule has 31 heavy (non-hydrogen) atoms. The first-order valence-corrected chi connectivity index (χ1v) is 10.6. The molecule has 1 atom stereocenters. The number of halogens is 1. The van der Waals surface area contributed by atoms with E-state index in [9.17, 15) is 9.65 Å². The second-order valence-electron chi connectivity index (χ2n) is 7.60. The summed E-state index contributed by atoms with van der Waals surface area (Å²) in [5, 5.41) is 17.4. The number of methoxy groups -OCH3 is 1. The van der Waals surface area contributed by atoms with Gasteiger partial charge in [0.2, 0.25) is 0 Å². The number of hydrogen-bond donors (Lipinski definition) is 2. The Morgan fingerprint density at radius 1 is 1.42 bits per heavy atom. The summed E-state index contributed by atoms with van der Waals surface area (Å²) in [4.78, 5) is 7.03. The Morgan fingerprint density at radius 3 is 2.87 bits per heavy atom. The number of aliphatic imine (C=N–C) groups is 1. The van der Waals surface area contributed by atoms with Crippen molar-refractivity contribution in [3.63, 3.8) is 0 Å². The maximum atomic E-state index is 13.2. The zero-order valence-electron chi connectivity index (χ0n) is 18.1. The number of aryl methyl sites for hydroxylation is 1. The van der Waals surface area contributed by atoms with E-state index in [2.05, 4.69) is 28.3 Å². The molecule has 0 amide bonds. The number of hydrogen-bond acceptors (Lipinski definition) is 5. The van der Waals surface area contributed by atoms with Crippen molar-refractivity contribution in [2.45, 2.75) is 26.2 Å². The van der Waals surface area contributed by atoms with Crippen LogP contribution in [0.25, 0.3) is 5.69 Å². The molecular formula is C22H30FN7O. The minimum Gasteiger partial charge on any atom is -0.384 e. The van der Waals surface area contributed by atoms with Crippen LogP contribution < -0.4 is 11.1 Å². The van der Waals surface area contributed by atoms with E-state index in [1.54, 1.807) is 19.2 Å². The lowest BCUT2D eigenvalue weighted by Gasteiger charge is -2.21. The summed E-state index contributed by atoms with van der Waals surface area (Å²) in [5.41, 5.74) is 7.74. The molecule has 3 rings (SSSR count). The van der Waals surface area contributed by atoms with Crippen molar-refractivity contribution in [1.29, 1.82) is 5.26 Å². The summed E-state index contributed by atoms with van der Waals surface area (Å²) >= 11 is 0. The third-order valence-electron chi connectivity index (χ3n) is 5.33. The van der Waals surface area contributed by atoms with Gasteiger partial charge in [-0.3, -0.25) is 4.99 Å². The lowest BCUT2D eigenvalue weighted by Crippen LogP contribution is -2.40. The van der Waals surface area contributed by atoms with Crippen LogP contribution in [-0.2, 0) is 11.2 Å². The van der Waals surface area contributed by atoms with E-state index >= 15 is 0 Å². The zero-order chi connectivity index (χ0) is 22.2. The third kappa shape index (κ3) is 5.52. The molecule has 1 aliphatic rings. The Hall–Kier alpha value is -3.12. The molecule has 1 aromatic carbocycles. The number of nitrogens with two attached hydrogens (primary N) is 1. The predicted octanol–water partition coefficient (Wildman–Crippen LogP) is 2.33. The fourth-order valence-corrected chi connectivity index (χ4v) is 3.81. The molecule has 166 valence electrons. The number of nitriles is 1. The number of rotatable bonds is 8. The van der Waals surface area contributed by atoms with Crippen LogP contribution in [0.2, 0.25) is 0 Å². The van der Waals surface area contributed by atoms with Crippen LogP contribution in [-0.4, -0.2) is 60.5 Å². The highest BCUT2D eigenvalue weighted by atomic mass is 19.1. The molecule has 1 fully saturated rings. The Kier molecular flexibility index (Phi) is 7.84. The number of ether oxygens (including phenoxy) is 1. The van der Waals surface area contributed by atoms with E-state index in [-0.39, 0.29) is 11.6 Å². The van der Waals surface area contributed by atoms with Crippen LogP contribution in [0.4, 0.5) is 10.2 Å². The quantitative estimate of drug-likeness (QED) is 0.381. The normalized spacial score (nSPS) is 16.5. The molecule has 1 aliphatic heterocycles. The molecular weight excluding hydrogens is 397 g/mol. The summed E-state index contributed by atoms with van der Waals surface area (Å²) in [6.45, 7) is 6.16. The summed E-state index contributed by atoms with van der Waals surface area (Å²) < 4.78 is 20.0. The van der Waals surface area contributed by atoms with Gasteiger partial charge in [-0.2, -0.15) is 10.4 Å². The van der Waals surface area contributed by atoms with Crippen LogP contribution in [0.5, 0.6) is 0 Å². The summed E-state index contributed by atoms with van der Waals surface area (Å²) in [6.07, 6.45) is 2.42. The van der Waals surface area contributed by atoms with Gasteiger partial charge in [0.15, 0.2) is 5.96 Å². The van der Waals surface area contributed by atoms with E-state index in [1.807, 2.05) is 0 Å². The van der Waals surface area contributed by atoms with Gasteiger partial charge >= 0.3 is 0 Å². The monoisotopic (exact) mass is 427 g/mol. The average molecular weight is 428 g/mol. The van der Waals surface area contributed by atoms with Crippen molar-refractivity contribution in [3.8, 4) is 11.8 Å². The molecule has 0 radical (unpaired) electrons. The van der Waals surface area contributed by atoms with Gasteiger partial charge in [-0.15, -0.1) is 0 Å². The molecule has 2 aromatic rings. The number of anilines is 1. The van der Waals surface area contributed by atoms with Gasteiger partial charge in [-0.1, -0.05) is 0 Å². The predicted molar refractivity (Wildman–Crippen MR) is 119 cm³/mol. The molecule has 9 heteroatoms. The van der Waals surface area contributed by atoms with Gasteiger partial charge in [-0.25, -0.2) is 9.07 Å². The number of benzene rings is 1. The summed E-state index contributed by atoms with van der Waals surface area (Å²) in [7, 11) is 1.74. The van der Waals surface area contributed by atoms with Gasteiger partial charge in [0.05, 0.1) is 18.0 Å². The van der Waals surface area contributed by atoms with Crippen LogP contribution in [0.1, 0.15) is 31.0 Å². The zero-order valence-corrected chi connectivity index (χ0v) is 18.1. The van der Waals surface area contributed by atoms with Crippen molar-refractivity contribution in [1.82, 2.24) is 20.0 Å². The Bertz CT molecular complexity index is 933. The number of guanidine groups is 1. The highest BCUT2D eigenvalue weighted by Crippen LogP contribution is 2.22. The van der Waals surface area contributed by atoms with Crippen LogP contribution in [0.15, 0.2) is 29.3 Å². The minimum absolute atomic E-state index is 0.266. The number of aromatic nitrogens is 2. The molecule has 1 unspecified atom stereocenters. The van der Waals surface area contributed by atoms with Gasteiger partial charge in [0.1, 0.15) is 23.3 Å². The molecule has 1 saturated heterocycles. The van der Waals surface area contributed by atoms with Crippen molar-refractivity contribution >= 4 is 11.8 Å². The average Bonchev–Trinajstić information content (AvgIpc) is 3.35. The van der Waals surface area contributed by atoms with E-state index in [0.717, 1.165) is 45.0 Å². The molecule has 8 nitrogen and oxygen atoms in total. The maximum absolute atomic E-state index is 13.2. The van der Waals surface area contributed by atoms with Crippen LogP contribution >= 0.6 is 0 Å². The topological polar surface area (TPSA) is 104 Å². The van der Waals surface area contributed by atoms with Crippen molar-refractivity contribution < 1.29 is 9.13 Å². The molecule has 0 saturated carbocycles. The van der Waals surface area contributed by atoms with Crippen LogP contribution in [0.3, 0.4) is 0 Å². The SMILES string of the molecule is CCNC(=NCCCc1nn(-c2ccc(F)cc2)c(N)c1C#N)N1CCC(COC)C1. The highest BCUT2D eigenvalue weighted by Gasteiger charge is 2.24. The van der Waals surface area contributed by atoms with Crippen molar-refractivity contribution in [2.24, 2.45) is 10.9 Å². The maximum Gasteiger partial charge on any atom is 0.193 e. The molecule has 2 heterocycles. The van der Waals surface area contributed by atoms with Gasteiger partial charge in [-0.05, 0) is 50.5 Å². The molecule has 3 N–H and O–H groups in total. The van der Waals surface area contributed by atoms with Crippen molar-refractivity contribution in [2.75, 3.05) is 45.6 Å². The lowest BCUT2D eigenvalue weighted by molar-refractivity contribution is 0.157. The van der Waals surface area contributed by atoms with Gasteiger partial charge in [0.25, 0.3) is 0 Å². The number of nitrogens with zero attached hydrogens (tertiary/aromatic N) is 5. The second kappa shape index (κ2) is 10.8. The highest BCUT2D eigenvalue weighted by molar-refractivity contribution is 5.80. The third-order valence-corrected chi connectivity index (χ3v) is 5.33. The van der Waals surface area contributed by atoms with E-state index in [4.69, 9.17) is 15.5 Å². The molecule has 1 aromatic heterocycles. The summed E-state index contributed by atoms with van der Waals surface area (Å²) in [6, 6.07) is 8.00. The van der Waals surface area contributed by atoms with Crippen molar-refractivity contribution in [3.05, 3.63) is 41.3 Å². The lowest BCUT2D eigenvalue weighted by atomic mass is 10.1. The Balaban J connectivity index is 1.64. The van der Waals surface area contributed by atoms with Gasteiger partial charge in [0, 0.05) is 39.2 Å². The van der Waals surface area contributed by atoms with E-state index < -0.39 is 0 Å². The molecule has 0 bridgehead atoms. The second-order valence-corrected chi connectivity index (χ2v) is 7.60. The largest absolute Gasteiger partial charge is 0.384 e. The fourth-order valence-electron chi connectivity index (χ4n) is 3.81. The number of nitrogens with one attached hydrogen (secondary N) is 1. The van der Waals surface area contributed by atoms with Crippen LogP contribution in [0, 0.1) is 23.1 Å². The smallest absolute Gasteiger partial charge is 0.193 e. The molecule has 0 aliphatic carbocycles. The standard InChI is InChI=1S/C22H30FN7O/c1-3-26-22(29-12-10-16(14-29)15-31-2)27-11-4-5-20-19(13-24)21(25)30(28-20)18-8-6-17(23)7-9-18/h6-9,16H,3-5,10-12,14-15,25H2,1-2H3,(H,26,27). The Morgan fingerprint density at radius 2 is 2.19 bits per heavy atom. The minimum atomic E-state index is -0.337. The van der Waals surface area contributed by atoms with E-state index in [0.29, 0.717) is 35.8 Å². The number of likely N-dealkylation sites (tertiary alicyclic amines) is 1.